The van der Waals surface area contributed by atoms with E-state index in [9.17, 15) is 4.79 Å². The highest BCUT2D eigenvalue weighted by Crippen LogP contribution is 2.33. The summed E-state index contributed by atoms with van der Waals surface area (Å²) >= 11 is 0. The SMILES string of the molecule is Nc1ccc(N2CC3(CCOC3)OC2=O)cc1. The van der Waals surface area contributed by atoms with Gasteiger partial charge in [0.05, 0.1) is 19.8 Å². The zero-order chi connectivity index (χ0) is 11.9. The fourth-order valence-electron chi connectivity index (χ4n) is 2.27. The van der Waals surface area contributed by atoms with E-state index >= 15 is 0 Å². The summed E-state index contributed by atoms with van der Waals surface area (Å²) in [6.07, 6.45) is 0.463. The van der Waals surface area contributed by atoms with E-state index in [0.717, 1.165) is 12.1 Å². The lowest BCUT2D eigenvalue weighted by molar-refractivity contribution is 0.0435. The molecule has 1 unspecified atom stereocenters. The largest absolute Gasteiger partial charge is 0.438 e. The van der Waals surface area contributed by atoms with Gasteiger partial charge in [0.2, 0.25) is 0 Å². The molecule has 5 heteroatoms. The number of nitrogens with two attached hydrogens (primary N) is 1. The quantitative estimate of drug-likeness (QED) is 0.746. The second-order valence-corrected chi connectivity index (χ2v) is 4.53. The summed E-state index contributed by atoms with van der Waals surface area (Å²) in [6, 6.07) is 7.20. The standard InChI is InChI=1S/C12H14N2O3/c13-9-1-3-10(4-2-9)14-7-12(17-11(14)15)5-6-16-8-12/h1-4H,5-8,13H2. The van der Waals surface area contributed by atoms with Crippen molar-refractivity contribution >= 4 is 17.5 Å². The lowest BCUT2D eigenvalue weighted by Gasteiger charge is -2.18. The number of benzene rings is 1. The van der Waals surface area contributed by atoms with Crippen molar-refractivity contribution < 1.29 is 14.3 Å². The molecule has 1 atom stereocenters. The van der Waals surface area contributed by atoms with Gasteiger partial charge in [0.1, 0.15) is 0 Å². The van der Waals surface area contributed by atoms with Gasteiger partial charge >= 0.3 is 6.09 Å². The van der Waals surface area contributed by atoms with Crippen LogP contribution in [0.4, 0.5) is 16.2 Å². The lowest BCUT2D eigenvalue weighted by atomic mass is 10.0. The molecule has 1 spiro atoms. The smallest absolute Gasteiger partial charge is 0.415 e. The van der Waals surface area contributed by atoms with Crippen LogP contribution in [-0.4, -0.2) is 31.5 Å². The highest BCUT2D eigenvalue weighted by atomic mass is 16.6. The molecule has 2 heterocycles. The van der Waals surface area contributed by atoms with Gasteiger partial charge in [-0.3, -0.25) is 4.90 Å². The van der Waals surface area contributed by atoms with Crippen LogP contribution in [0, 0.1) is 0 Å². The summed E-state index contributed by atoms with van der Waals surface area (Å²) in [5.41, 5.74) is 6.67. The molecule has 1 amide bonds. The Kier molecular flexibility index (Phi) is 2.22. The number of amides is 1. The Morgan fingerprint density at radius 2 is 2.06 bits per heavy atom. The van der Waals surface area contributed by atoms with E-state index < -0.39 is 5.60 Å². The molecule has 0 aliphatic carbocycles. The van der Waals surface area contributed by atoms with Crippen LogP contribution in [0.3, 0.4) is 0 Å². The Bertz CT molecular complexity index is 438. The van der Waals surface area contributed by atoms with Crippen molar-refractivity contribution in [2.24, 2.45) is 0 Å². The van der Waals surface area contributed by atoms with Crippen LogP contribution >= 0.6 is 0 Å². The number of ether oxygens (including phenoxy) is 2. The summed E-state index contributed by atoms with van der Waals surface area (Å²) in [5.74, 6) is 0. The van der Waals surface area contributed by atoms with Crippen molar-refractivity contribution in [2.45, 2.75) is 12.0 Å². The van der Waals surface area contributed by atoms with Crippen molar-refractivity contribution in [1.82, 2.24) is 0 Å². The van der Waals surface area contributed by atoms with Gasteiger partial charge in [0.25, 0.3) is 0 Å². The molecule has 0 aromatic heterocycles. The Morgan fingerprint density at radius 1 is 1.29 bits per heavy atom. The van der Waals surface area contributed by atoms with Gasteiger partial charge in [0.15, 0.2) is 5.60 Å². The van der Waals surface area contributed by atoms with Crippen LogP contribution in [-0.2, 0) is 9.47 Å². The zero-order valence-electron chi connectivity index (χ0n) is 9.39. The average Bonchev–Trinajstić information content (AvgIpc) is 2.88. The molecule has 17 heavy (non-hydrogen) atoms. The molecule has 2 N–H and O–H groups in total. The minimum absolute atomic E-state index is 0.305. The number of carbonyl (C=O) groups is 1. The van der Waals surface area contributed by atoms with Crippen molar-refractivity contribution in [3.8, 4) is 0 Å². The van der Waals surface area contributed by atoms with E-state index in [2.05, 4.69) is 0 Å². The van der Waals surface area contributed by atoms with Gasteiger partial charge in [-0.15, -0.1) is 0 Å². The highest BCUT2D eigenvalue weighted by molar-refractivity contribution is 5.90. The summed E-state index contributed by atoms with van der Waals surface area (Å²) in [6.45, 7) is 1.70. The highest BCUT2D eigenvalue weighted by Gasteiger charge is 2.48. The minimum atomic E-state index is -0.446. The Balaban J connectivity index is 1.85. The molecular weight excluding hydrogens is 220 g/mol. The molecule has 0 bridgehead atoms. The van der Waals surface area contributed by atoms with E-state index in [-0.39, 0.29) is 6.09 Å². The van der Waals surface area contributed by atoms with Crippen molar-refractivity contribution in [3.05, 3.63) is 24.3 Å². The number of nitrogen functional groups attached to an aromatic ring is 1. The molecule has 0 radical (unpaired) electrons. The molecule has 1 aromatic rings. The van der Waals surface area contributed by atoms with Gasteiger partial charge < -0.3 is 15.2 Å². The van der Waals surface area contributed by atoms with Gasteiger partial charge in [0, 0.05) is 17.8 Å². The third-order valence-electron chi connectivity index (χ3n) is 3.24. The molecule has 0 saturated carbocycles. The summed E-state index contributed by atoms with van der Waals surface area (Å²) in [5, 5.41) is 0. The van der Waals surface area contributed by atoms with Crippen LogP contribution in [0.15, 0.2) is 24.3 Å². The van der Waals surface area contributed by atoms with Crippen LogP contribution < -0.4 is 10.6 Å². The third kappa shape index (κ3) is 1.72. The molecule has 2 fully saturated rings. The van der Waals surface area contributed by atoms with Gasteiger partial charge in [-0.2, -0.15) is 0 Å². The second-order valence-electron chi connectivity index (χ2n) is 4.53. The van der Waals surface area contributed by atoms with E-state index in [1.165, 1.54) is 0 Å². The number of carbonyl (C=O) groups excluding carboxylic acids is 1. The van der Waals surface area contributed by atoms with E-state index in [1.807, 2.05) is 12.1 Å². The monoisotopic (exact) mass is 234 g/mol. The first-order chi connectivity index (χ1) is 8.19. The summed E-state index contributed by atoms with van der Waals surface area (Å²) in [7, 11) is 0. The van der Waals surface area contributed by atoms with E-state index in [4.69, 9.17) is 15.2 Å². The minimum Gasteiger partial charge on any atom is -0.438 e. The zero-order valence-corrected chi connectivity index (χ0v) is 9.39. The molecule has 2 aliphatic heterocycles. The van der Waals surface area contributed by atoms with Crippen molar-refractivity contribution in [3.63, 3.8) is 0 Å². The number of anilines is 2. The maximum Gasteiger partial charge on any atom is 0.415 e. The Labute approximate surface area is 99.1 Å². The molecule has 5 nitrogen and oxygen atoms in total. The summed E-state index contributed by atoms with van der Waals surface area (Å²) in [4.78, 5) is 13.5. The number of hydrogen-bond donors (Lipinski definition) is 1. The molecule has 2 saturated heterocycles. The first-order valence-corrected chi connectivity index (χ1v) is 5.62. The lowest BCUT2D eigenvalue weighted by Crippen LogP contribution is -2.34. The normalized spacial score (nSPS) is 27.8. The maximum absolute atomic E-state index is 11.8. The second kappa shape index (κ2) is 3.63. The van der Waals surface area contributed by atoms with Crippen molar-refractivity contribution in [2.75, 3.05) is 30.4 Å². The van der Waals surface area contributed by atoms with E-state index in [0.29, 0.717) is 25.4 Å². The Hall–Kier alpha value is -1.75. The fourth-order valence-corrected chi connectivity index (χ4v) is 2.27. The van der Waals surface area contributed by atoms with E-state index in [1.54, 1.807) is 17.0 Å². The van der Waals surface area contributed by atoms with Crippen LogP contribution in [0.2, 0.25) is 0 Å². The Morgan fingerprint density at radius 3 is 2.71 bits per heavy atom. The number of rotatable bonds is 1. The number of nitrogens with zero attached hydrogens (tertiary/aromatic N) is 1. The first-order valence-electron chi connectivity index (χ1n) is 5.62. The molecule has 3 rings (SSSR count). The van der Waals surface area contributed by atoms with Gasteiger partial charge in [-0.05, 0) is 24.3 Å². The predicted octanol–water partition coefficient (Wildman–Crippen LogP) is 1.38. The van der Waals surface area contributed by atoms with Gasteiger partial charge in [-0.1, -0.05) is 0 Å². The number of hydrogen-bond acceptors (Lipinski definition) is 4. The van der Waals surface area contributed by atoms with Crippen molar-refractivity contribution in [1.29, 1.82) is 0 Å². The molecule has 2 aliphatic rings. The van der Waals surface area contributed by atoms with Crippen LogP contribution in [0.1, 0.15) is 6.42 Å². The molecule has 1 aromatic carbocycles. The first kappa shape index (κ1) is 10.4. The van der Waals surface area contributed by atoms with Gasteiger partial charge in [-0.25, -0.2) is 4.79 Å². The fraction of sp³-hybridized carbons (Fsp3) is 0.417. The average molecular weight is 234 g/mol. The molecule has 90 valence electrons. The third-order valence-corrected chi connectivity index (χ3v) is 3.24. The van der Waals surface area contributed by atoms with Crippen LogP contribution in [0.25, 0.3) is 0 Å². The predicted molar refractivity (Wildman–Crippen MR) is 62.8 cm³/mol. The summed E-state index contributed by atoms with van der Waals surface area (Å²) < 4.78 is 10.7. The maximum atomic E-state index is 11.8. The topological polar surface area (TPSA) is 64.8 Å². The van der Waals surface area contributed by atoms with Crippen LogP contribution in [0.5, 0.6) is 0 Å². The molecular formula is C12H14N2O3.